The predicted molar refractivity (Wildman–Crippen MR) is 107 cm³/mol. The monoisotopic (exact) mass is 375 g/mol. The van der Waals surface area contributed by atoms with Gasteiger partial charge in [0.15, 0.2) is 16.9 Å². The molecule has 3 aromatic rings. The van der Waals surface area contributed by atoms with Crippen LogP contribution in [0.1, 0.15) is 17.5 Å². The molecule has 2 aromatic heterocycles. The van der Waals surface area contributed by atoms with Crippen molar-refractivity contribution in [1.29, 1.82) is 5.26 Å². The fourth-order valence-electron chi connectivity index (χ4n) is 2.78. The quantitative estimate of drug-likeness (QED) is 0.729. The molecule has 134 valence electrons. The van der Waals surface area contributed by atoms with Crippen LogP contribution >= 0.6 is 11.3 Å². The van der Waals surface area contributed by atoms with Crippen molar-refractivity contribution in [2.24, 2.45) is 4.99 Å². The molecule has 0 amide bonds. The van der Waals surface area contributed by atoms with Crippen molar-refractivity contribution in [2.45, 2.75) is 13.3 Å². The van der Waals surface area contributed by atoms with Crippen LogP contribution in [0.25, 0.3) is 22.8 Å². The number of rotatable bonds is 3. The van der Waals surface area contributed by atoms with Gasteiger partial charge in [-0.1, -0.05) is 0 Å². The van der Waals surface area contributed by atoms with Crippen LogP contribution in [0.4, 0.5) is 5.13 Å². The van der Waals surface area contributed by atoms with Crippen LogP contribution in [0.5, 0.6) is 0 Å². The highest BCUT2D eigenvalue weighted by Gasteiger charge is 2.12. The second-order valence-electron chi connectivity index (χ2n) is 6.08. The van der Waals surface area contributed by atoms with Gasteiger partial charge in [0.25, 0.3) is 0 Å². The Hall–Kier alpha value is -3.31. The van der Waals surface area contributed by atoms with Gasteiger partial charge < -0.3 is 10.6 Å². The van der Waals surface area contributed by atoms with Gasteiger partial charge in [-0.3, -0.25) is 4.99 Å². The lowest BCUT2D eigenvalue weighted by Gasteiger charge is -2.14. The van der Waals surface area contributed by atoms with Crippen molar-refractivity contribution >= 4 is 22.4 Å². The molecule has 7 nitrogen and oxygen atoms in total. The van der Waals surface area contributed by atoms with Crippen molar-refractivity contribution in [1.82, 2.24) is 20.3 Å². The molecule has 0 fully saturated rings. The summed E-state index contributed by atoms with van der Waals surface area (Å²) in [7, 11) is 0. The molecule has 0 bridgehead atoms. The van der Waals surface area contributed by atoms with Gasteiger partial charge >= 0.3 is 0 Å². The molecule has 27 heavy (non-hydrogen) atoms. The zero-order valence-corrected chi connectivity index (χ0v) is 15.5. The second kappa shape index (κ2) is 7.51. The molecule has 0 unspecified atom stereocenters. The number of benzene rings is 1. The molecule has 0 atom stereocenters. The fraction of sp³-hybridized carbons (Fsp3) is 0.211. The molecule has 1 aromatic carbocycles. The van der Waals surface area contributed by atoms with Gasteiger partial charge in [-0.25, -0.2) is 15.0 Å². The van der Waals surface area contributed by atoms with Crippen LogP contribution < -0.4 is 10.6 Å². The molecule has 3 heterocycles. The van der Waals surface area contributed by atoms with E-state index in [2.05, 4.69) is 36.6 Å². The predicted octanol–water partition coefficient (Wildman–Crippen LogP) is 3.21. The van der Waals surface area contributed by atoms with Crippen LogP contribution in [0.15, 0.2) is 40.8 Å². The first-order valence-electron chi connectivity index (χ1n) is 8.58. The third-order valence-corrected chi connectivity index (χ3v) is 4.90. The number of hydrogen-bond acceptors (Lipinski definition) is 8. The Kier molecular flexibility index (Phi) is 4.77. The zero-order chi connectivity index (χ0) is 18.6. The molecule has 0 spiro atoms. The molecule has 0 radical (unpaired) electrons. The number of guanidine groups is 1. The maximum absolute atomic E-state index is 9.03. The van der Waals surface area contributed by atoms with Crippen molar-refractivity contribution in [3.05, 3.63) is 47.0 Å². The maximum Gasteiger partial charge on any atom is 0.197 e. The Balaban J connectivity index is 1.60. The zero-order valence-electron chi connectivity index (χ0n) is 14.7. The number of nitrogens with one attached hydrogen (secondary N) is 2. The molecule has 0 aliphatic carbocycles. The van der Waals surface area contributed by atoms with Crippen molar-refractivity contribution in [2.75, 3.05) is 18.4 Å². The minimum Gasteiger partial charge on any atom is -0.356 e. The topological polar surface area (TPSA) is 98.9 Å². The molecule has 1 aliphatic heterocycles. The maximum atomic E-state index is 9.03. The van der Waals surface area contributed by atoms with E-state index in [0.29, 0.717) is 11.4 Å². The van der Waals surface area contributed by atoms with Gasteiger partial charge in [-0.05, 0) is 43.2 Å². The summed E-state index contributed by atoms with van der Waals surface area (Å²) >= 11 is 1.51. The Bertz CT molecular complexity index is 1050. The van der Waals surface area contributed by atoms with E-state index in [9.17, 15) is 0 Å². The number of aryl methyl sites for hydroxylation is 1. The first-order chi connectivity index (χ1) is 13.2. The van der Waals surface area contributed by atoms with Crippen molar-refractivity contribution in [3.8, 4) is 28.8 Å². The summed E-state index contributed by atoms with van der Waals surface area (Å²) in [6.45, 7) is 3.70. The van der Waals surface area contributed by atoms with E-state index >= 15 is 0 Å². The lowest BCUT2D eigenvalue weighted by atomic mass is 10.0. The summed E-state index contributed by atoms with van der Waals surface area (Å²) in [6.07, 6.45) is 2.78. The number of nitriles is 1. The third-order valence-electron chi connectivity index (χ3n) is 4.14. The van der Waals surface area contributed by atoms with Crippen LogP contribution in [-0.2, 0) is 0 Å². The standard InChI is InChI=1S/C19H17N7S/c1-12-9-13(10-20)3-4-14(12)17-21-8-5-15(24-17)16-11-27-19(25-16)26-18-22-6-2-7-23-18/h3-5,8-9,11H,2,6-7H2,1H3,(H2,22,23,25,26). The summed E-state index contributed by atoms with van der Waals surface area (Å²) in [6, 6.07) is 9.50. The highest BCUT2D eigenvalue weighted by Crippen LogP contribution is 2.26. The van der Waals surface area contributed by atoms with Crippen LogP contribution in [0.2, 0.25) is 0 Å². The Morgan fingerprint density at radius 2 is 2.15 bits per heavy atom. The van der Waals surface area contributed by atoms with E-state index in [1.54, 1.807) is 12.3 Å². The SMILES string of the molecule is Cc1cc(C#N)ccc1-c1nccc(-c2csc(NC3=NCCCN3)n2)n1. The van der Waals surface area contributed by atoms with Crippen LogP contribution in [0, 0.1) is 18.3 Å². The number of thiazole rings is 1. The van der Waals surface area contributed by atoms with Gasteiger partial charge in [-0.2, -0.15) is 5.26 Å². The Labute approximate surface area is 160 Å². The fourth-order valence-corrected chi connectivity index (χ4v) is 3.49. The van der Waals surface area contributed by atoms with Gasteiger partial charge in [0, 0.05) is 30.2 Å². The summed E-state index contributed by atoms with van der Waals surface area (Å²) < 4.78 is 0. The van der Waals surface area contributed by atoms with E-state index in [1.807, 2.05) is 30.5 Å². The lowest BCUT2D eigenvalue weighted by molar-refractivity contribution is 0.740. The highest BCUT2D eigenvalue weighted by molar-refractivity contribution is 7.14. The lowest BCUT2D eigenvalue weighted by Crippen LogP contribution is -2.35. The van der Waals surface area contributed by atoms with Crippen LogP contribution in [0.3, 0.4) is 0 Å². The number of aliphatic imine (C=N–C) groups is 1. The molecule has 4 rings (SSSR count). The number of aromatic nitrogens is 3. The summed E-state index contributed by atoms with van der Waals surface area (Å²) in [5, 5.41) is 18.2. The highest BCUT2D eigenvalue weighted by atomic mass is 32.1. The van der Waals surface area contributed by atoms with Gasteiger partial charge in [0.2, 0.25) is 0 Å². The van der Waals surface area contributed by atoms with Crippen LogP contribution in [-0.4, -0.2) is 34.0 Å². The van der Waals surface area contributed by atoms with E-state index in [-0.39, 0.29) is 0 Å². The molecule has 1 aliphatic rings. The average molecular weight is 375 g/mol. The third kappa shape index (κ3) is 3.78. The first-order valence-corrected chi connectivity index (χ1v) is 9.46. The van der Waals surface area contributed by atoms with Gasteiger partial charge in [0.1, 0.15) is 5.69 Å². The number of anilines is 1. The largest absolute Gasteiger partial charge is 0.356 e. The summed E-state index contributed by atoms with van der Waals surface area (Å²) in [4.78, 5) is 18.1. The van der Waals surface area contributed by atoms with E-state index < -0.39 is 0 Å². The first kappa shape index (κ1) is 17.1. The minimum atomic E-state index is 0.621. The molecular formula is C19H17N7S. The normalized spacial score (nSPS) is 13.4. The van der Waals surface area contributed by atoms with E-state index in [4.69, 9.17) is 5.26 Å². The minimum absolute atomic E-state index is 0.621. The van der Waals surface area contributed by atoms with E-state index in [0.717, 1.165) is 53.1 Å². The molecular weight excluding hydrogens is 358 g/mol. The van der Waals surface area contributed by atoms with Crippen molar-refractivity contribution < 1.29 is 0 Å². The van der Waals surface area contributed by atoms with E-state index in [1.165, 1.54) is 11.3 Å². The summed E-state index contributed by atoms with van der Waals surface area (Å²) in [5.41, 5.74) is 4.04. The van der Waals surface area contributed by atoms with Crippen molar-refractivity contribution in [3.63, 3.8) is 0 Å². The molecule has 0 saturated heterocycles. The number of nitrogens with zero attached hydrogens (tertiary/aromatic N) is 5. The Morgan fingerprint density at radius 3 is 2.93 bits per heavy atom. The molecule has 0 saturated carbocycles. The average Bonchev–Trinajstić information content (AvgIpc) is 3.17. The summed E-state index contributed by atoms with van der Waals surface area (Å²) in [5.74, 6) is 1.38. The van der Waals surface area contributed by atoms with Gasteiger partial charge in [-0.15, -0.1) is 11.3 Å². The smallest absolute Gasteiger partial charge is 0.197 e. The second-order valence-corrected chi connectivity index (χ2v) is 6.94. The number of hydrogen-bond donors (Lipinski definition) is 2. The van der Waals surface area contributed by atoms with Gasteiger partial charge in [0.05, 0.1) is 17.3 Å². The molecule has 2 N–H and O–H groups in total. The molecule has 8 heteroatoms. The Morgan fingerprint density at radius 1 is 1.22 bits per heavy atom.